The Hall–Kier alpha value is -1.62. The SMILES string of the molecule is CC(C)C(=O)NCCNC(=O)c1ccc(Cl)nc1. The topological polar surface area (TPSA) is 71.1 Å². The van der Waals surface area contributed by atoms with Gasteiger partial charge in [-0.05, 0) is 12.1 Å². The van der Waals surface area contributed by atoms with Gasteiger partial charge in [0.2, 0.25) is 5.91 Å². The highest BCUT2D eigenvalue weighted by Crippen LogP contribution is 2.04. The van der Waals surface area contributed by atoms with E-state index in [0.29, 0.717) is 23.8 Å². The number of nitrogens with one attached hydrogen (secondary N) is 2. The maximum Gasteiger partial charge on any atom is 0.252 e. The zero-order valence-electron chi connectivity index (χ0n) is 10.4. The molecule has 0 unspecified atom stereocenters. The fraction of sp³-hybridized carbons (Fsp3) is 0.417. The van der Waals surface area contributed by atoms with E-state index in [0.717, 1.165) is 0 Å². The normalized spacial score (nSPS) is 10.2. The number of carbonyl (C=O) groups excluding carboxylic acids is 2. The molecule has 0 bridgehead atoms. The molecule has 2 amide bonds. The maximum atomic E-state index is 11.6. The second-order valence-electron chi connectivity index (χ2n) is 4.07. The van der Waals surface area contributed by atoms with E-state index in [1.807, 2.05) is 13.8 Å². The van der Waals surface area contributed by atoms with E-state index in [1.54, 1.807) is 12.1 Å². The largest absolute Gasteiger partial charge is 0.354 e. The molecule has 1 aromatic heterocycles. The summed E-state index contributed by atoms with van der Waals surface area (Å²) < 4.78 is 0. The van der Waals surface area contributed by atoms with Crippen LogP contribution in [0.2, 0.25) is 5.15 Å². The first kappa shape index (κ1) is 14.4. The van der Waals surface area contributed by atoms with E-state index in [1.165, 1.54) is 6.20 Å². The molecular formula is C12H16ClN3O2. The molecule has 1 heterocycles. The Morgan fingerprint density at radius 3 is 2.50 bits per heavy atom. The summed E-state index contributed by atoms with van der Waals surface area (Å²) in [5.41, 5.74) is 0.439. The second-order valence-corrected chi connectivity index (χ2v) is 4.46. The first-order valence-corrected chi connectivity index (χ1v) is 6.06. The molecule has 5 nitrogen and oxygen atoms in total. The van der Waals surface area contributed by atoms with Crippen molar-refractivity contribution in [2.45, 2.75) is 13.8 Å². The van der Waals surface area contributed by atoms with E-state index < -0.39 is 0 Å². The van der Waals surface area contributed by atoms with Gasteiger partial charge in [-0.1, -0.05) is 25.4 Å². The van der Waals surface area contributed by atoms with Crippen molar-refractivity contribution in [3.8, 4) is 0 Å². The van der Waals surface area contributed by atoms with Gasteiger partial charge < -0.3 is 10.6 Å². The Bertz CT molecular complexity index is 418. The molecule has 0 aliphatic carbocycles. The molecule has 2 N–H and O–H groups in total. The van der Waals surface area contributed by atoms with Gasteiger partial charge in [0.1, 0.15) is 5.15 Å². The number of pyridine rings is 1. The van der Waals surface area contributed by atoms with E-state index in [-0.39, 0.29) is 17.7 Å². The van der Waals surface area contributed by atoms with Crippen LogP contribution in [0.25, 0.3) is 0 Å². The van der Waals surface area contributed by atoms with Crippen LogP contribution in [0.15, 0.2) is 18.3 Å². The summed E-state index contributed by atoms with van der Waals surface area (Å²) in [6, 6.07) is 3.15. The predicted molar refractivity (Wildman–Crippen MR) is 69.4 cm³/mol. The van der Waals surface area contributed by atoms with Gasteiger partial charge in [-0.25, -0.2) is 4.98 Å². The van der Waals surface area contributed by atoms with Crippen LogP contribution >= 0.6 is 11.6 Å². The summed E-state index contributed by atoms with van der Waals surface area (Å²) in [6.07, 6.45) is 1.41. The van der Waals surface area contributed by atoms with Gasteiger partial charge in [0, 0.05) is 25.2 Å². The van der Waals surface area contributed by atoms with Crippen molar-refractivity contribution >= 4 is 23.4 Å². The van der Waals surface area contributed by atoms with Crippen molar-refractivity contribution in [1.82, 2.24) is 15.6 Å². The van der Waals surface area contributed by atoms with Crippen molar-refractivity contribution in [2.24, 2.45) is 5.92 Å². The third-order valence-corrected chi connectivity index (χ3v) is 2.45. The minimum Gasteiger partial charge on any atom is -0.354 e. The zero-order chi connectivity index (χ0) is 13.5. The highest BCUT2D eigenvalue weighted by atomic mass is 35.5. The van der Waals surface area contributed by atoms with Crippen LogP contribution < -0.4 is 10.6 Å². The van der Waals surface area contributed by atoms with E-state index in [9.17, 15) is 9.59 Å². The van der Waals surface area contributed by atoms with Crippen LogP contribution in [0.4, 0.5) is 0 Å². The average molecular weight is 270 g/mol. The van der Waals surface area contributed by atoms with Crippen molar-refractivity contribution < 1.29 is 9.59 Å². The van der Waals surface area contributed by atoms with Crippen LogP contribution in [-0.2, 0) is 4.79 Å². The first-order chi connectivity index (χ1) is 8.50. The average Bonchev–Trinajstić information content (AvgIpc) is 2.34. The lowest BCUT2D eigenvalue weighted by Gasteiger charge is -2.08. The molecule has 1 rings (SSSR count). The highest BCUT2D eigenvalue weighted by Gasteiger charge is 2.07. The summed E-state index contributed by atoms with van der Waals surface area (Å²) in [6.45, 7) is 4.41. The molecule has 0 atom stereocenters. The fourth-order valence-corrected chi connectivity index (χ4v) is 1.29. The van der Waals surface area contributed by atoms with Crippen LogP contribution in [-0.4, -0.2) is 29.9 Å². The molecule has 0 saturated carbocycles. The van der Waals surface area contributed by atoms with Crippen molar-refractivity contribution in [1.29, 1.82) is 0 Å². The number of carbonyl (C=O) groups is 2. The molecule has 98 valence electrons. The fourth-order valence-electron chi connectivity index (χ4n) is 1.18. The predicted octanol–water partition coefficient (Wildman–Crippen LogP) is 1.24. The summed E-state index contributed by atoms with van der Waals surface area (Å²) in [4.78, 5) is 26.7. The lowest BCUT2D eigenvalue weighted by atomic mass is 10.2. The quantitative estimate of drug-likeness (QED) is 0.624. The van der Waals surface area contributed by atoms with Gasteiger partial charge in [0.15, 0.2) is 0 Å². The Morgan fingerprint density at radius 2 is 1.94 bits per heavy atom. The van der Waals surface area contributed by atoms with Gasteiger partial charge in [0.25, 0.3) is 5.91 Å². The second kappa shape index (κ2) is 6.96. The summed E-state index contributed by atoms with van der Waals surface area (Å²) in [5, 5.41) is 5.73. The lowest BCUT2D eigenvalue weighted by molar-refractivity contribution is -0.123. The summed E-state index contributed by atoms with van der Waals surface area (Å²) >= 11 is 5.62. The molecule has 0 spiro atoms. The summed E-state index contributed by atoms with van der Waals surface area (Å²) in [5.74, 6) is -0.323. The van der Waals surface area contributed by atoms with Crippen molar-refractivity contribution in [2.75, 3.05) is 13.1 Å². The molecule has 0 aromatic carbocycles. The molecule has 0 saturated heterocycles. The van der Waals surface area contributed by atoms with Crippen LogP contribution in [0.5, 0.6) is 0 Å². The summed E-state index contributed by atoms with van der Waals surface area (Å²) in [7, 11) is 0. The minimum absolute atomic E-state index is 0.0302. The monoisotopic (exact) mass is 269 g/mol. The minimum atomic E-state index is -0.238. The van der Waals surface area contributed by atoms with Gasteiger partial charge in [-0.15, -0.1) is 0 Å². The van der Waals surface area contributed by atoms with Crippen molar-refractivity contribution in [3.05, 3.63) is 29.0 Å². The zero-order valence-corrected chi connectivity index (χ0v) is 11.1. The number of hydrogen-bond donors (Lipinski definition) is 2. The third kappa shape index (κ3) is 4.71. The Kier molecular flexibility index (Phi) is 5.58. The molecule has 6 heteroatoms. The van der Waals surface area contributed by atoms with Crippen LogP contribution in [0.3, 0.4) is 0 Å². The standard InChI is InChI=1S/C12H16ClN3O2/c1-8(2)11(17)14-5-6-15-12(18)9-3-4-10(13)16-7-9/h3-4,7-8H,5-6H2,1-2H3,(H,14,17)(H,15,18). The Labute approximate surface area is 111 Å². The lowest BCUT2D eigenvalue weighted by Crippen LogP contribution is -2.36. The molecule has 0 aliphatic rings. The highest BCUT2D eigenvalue weighted by molar-refractivity contribution is 6.29. The Morgan fingerprint density at radius 1 is 1.28 bits per heavy atom. The Balaban J connectivity index is 2.29. The molecule has 0 radical (unpaired) electrons. The van der Waals surface area contributed by atoms with Gasteiger partial charge in [-0.3, -0.25) is 9.59 Å². The third-order valence-electron chi connectivity index (χ3n) is 2.22. The number of nitrogens with zero attached hydrogens (tertiary/aromatic N) is 1. The molecular weight excluding hydrogens is 254 g/mol. The maximum absolute atomic E-state index is 11.6. The molecule has 0 fully saturated rings. The van der Waals surface area contributed by atoms with E-state index in [4.69, 9.17) is 11.6 Å². The number of aromatic nitrogens is 1. The van der Waals surface area contributed by atoms with Crippen molar-refractivity contribution in [3.63, 3.8) is 0 Å². The number of hydrogen-bond acceptors (Lipinski definition) is 3. The molecule has 1 aromatic rings. The number of rotatable bonds is 5. The van der Waals surface area contributed by atoms with Crippen LogP contribution in [0.1, 0.15) is 24.2 Å². The smallest absolute Gasteiger partial charge is 0.252 e. The van der Waals surface area contributed by atoms with Gasteiger partial charge in [0.05, 0.1) is 5.56 Å². The number of halogens is 1. The van der Waals surface area contributed by atoms with E-state index in [2.05, 4.69) is 15.6 Å². The van der Waals surface area contributed by atoms with Gasteiger partial charge in [-0.2, -0.15) is 0 Å². The number of amides is 2. The molecule has 0 aliphatic heterocycles. The molecule has 18 heavy (non-hydrogen) atoms. The van der Waals surface area contributed by atoms with Crippen LogP contribution in [0, 0.1) is 5.92 Å². The first-order valence-electron chi connectivity index (χ1n) is 5.68. The van der Waals surface area contributed by atoms with E-state index >= 15 is 0 Å². The van der Waals surface area contributed by atoms with Gasteiger partial charge >= 0.3 is 0 Å².